The molecule has 9 heteroatoms. The number of hydrogen-bond donors (Lipinski definition) is 1. The van der Waals surface area contributed by atoms with Crippen molar-refractivity contribution in [2.24, 2.45) is 10.9 Å². The molecule has 0 aromatic heterocycles. The maximum Gasteiger partial charge on any atom is 0.285 e. The second-order valence-electron chi connectivity index (χ2n) is 5.41. The van der Waals surface area contributed by atoms with Crippen molar-refractivity contribution in [3.63, 3.8) is 0 Å². The zero-order valence-electron chi connectivity index (χ0n) is 14.5. The van der Waals surface area contributed by atoms with Crippen LogP contribution in [-0.2, 0) is 0 Å². The van der Waals surface area contributed by atoms with Crippen molar-refractivity contribution in [3.05, 3.63) is 73.8 Å². The Morgan fingerprint density at radius 1 is 1.04 bits per heavy atom. The minimum Gasteiger partial charge on any atom is -0.372 e. The van der Waals surface area contributed by atoms with Gasteiger partial charge in [-0.25, -0.2) is 0 Å². The van der Waals surface area contributed by atoms with E-state index in [-0.39, 0.29) is 17.0 Å². The molecular weight excluding hydrogens is 338 g/mol. The van der Waals surface area contributed by atoms with Crippen molar-refractivity contribution in [1.82, 2.24) is 0 Å². The third-order valence-corrected chi connectivity index (χ3v) is 4.04. The zero-order chi connectivity index (χ0) is 19.3. The van der Waals surface area contributed by atoms with Gasteiger partial charge in [0.25, 0.3) is 11.4 Å². The highest BCUT2D eigenvalue weighted by Crippen LogP contribution is 2.27. The molecule has 0 aliphatic heterocycles. The number of nitrogens with zero attached hydrogens (tertiary/aromatic N) is 4. The molecule has 0 aliphatic carbocycles. The first-order chi connectivity index (χ1) is 12.4. The van der Waals surface area contributed by atoms with Crippen LogP contribution in [0.5, 0.6) is 0 Å². The summed E-state index contributed by atoms with van der Waals surface area (Å²) >= 11 is 0. The van der Waals surface area contributed by atoms with Gasteiger partial charge >= 0.3 is 0 Å². The molecule has 0 aliphatic rings. The molecule has 0 spiro atoms. The number of anilines is 1. The van der Waals surface area contributed by atoms with Crippen molar-refractivity contribution in [2.45, 2.75) is 13.8 Å². The average Bonchev–Trinajstić information content (AvgIpc) is 2.64. The molecule has 0 atom stereocenters. The van der Waals surface area contributed by atoms with Crippen molar-refractivity contribution >= 4 is 22.8 Å². The molecule has 0 heterocycles. The van der Waals surface area contributed by atoms with Gasteiger partial charge in [-0.15, -0.1) is 0 Å². The predicted octanol–water partition coefficient (Wildman–Crippen LogP) is 3.06. The van der Waals surface area contributed by atoms with Crippen LogP contribution in [0.25, 0.3) is 0 Å². The quantitative estimate of drug-likeness (QED) is 0.351. The number of benzene rings is 2. The van der Waals surface area contributed by atoms with E-state index in [2.05, 4.69) is 10.0 Å². The summed E-state index contributed by atoms with van der Waals surface area (Å²) in [6.45, 7) is 5.79. The number of nitro benzene ring substituents is 2. The maximum absolute atomic E-state index is 11.3. The van der Waals surface area contributed by atoms with Crippen LogP contribution in [0.3, 0.4) is 0 Å². The minimum absolute atomic E-state index is 0.124. The highest BCUT2D eigenvalue weighted by Gasteiger charge is 2.23. The van der Waals surface area contributed by atoms with E-state index in [0.717, 1.165) is 24.8 Å². The fraction of sp³-hybridized carbons (Fsp3) is 0.235. The number of nitro groups is 2. The Morgan fingerprint density at radius 3 is 2.12 bits per heavy atom. The number of nitrogens with two attached hydrogens (primary N) is 1. The van der Waals surface area contributed by atoms with E-state index in [1.807, 2.05) is 26.0 Å². The zero-order valence-corrected chi connectivity index (χ0v) is 14.5. The second-order valence-corrected chi connectivity index (χ2v) is 5.41. The molecule has 0 radical (unpaired) electrons. The molecule has 9 nitrogen and oxygen atoms in total. The number of hydrogen-bond acceptors (Lipinski definition) is 7. The van der Waals surface area contributed by atoms with E-state index >= 15 is 0 Å². The van der Waals surface area contributed by atoms with Gasteiger partial charge in [0, 0.05) is 30.4 Å². The van der Waals surface area contributed by atoms with Gasteiger partial charge in [-0.2, -0.15) is 5.10 Å². The summed E-state index contributed by atoms with van der Waals surface area (Å²) in [6, 6.07) is 10.7. The van der Waals surface area contributed by atoms with Crippen LogP contribution in [0.4, 0.5) is 17.1 Å². The van der Waals surface area contributed by atoms with Gasteiger partial charge in [0.15, 0.2) is 0 Å². The first-order valence-corrected chi connectivity index (χ1v) is 7.99. The first-order valence-electron chi connectivity index (χ1n) is 7.99. The summed E-state index contributed by atoms with van der Waals surface area (Å²) in [5.41, 5.74) is 1.12. The molecule has 2 aromatic carbocycles. The van der Waals surface area contributed by atoms with Gasteiger partial charge in [-0.3, -0.25) is 20.2 Å². The molecule has 2 N–H and O–H groups in total. The van der Waals surface area contributed by atoms with Crippen molar-refractivity contribution in [2.75, 3.05) is 18.0 Å². The van der Waals surface area contributed by atoms with Crippen LogP contribution in [0.1, 0.15) is 25.0 Å². The Hall–Kier alpha value is -3.49. The Labute approximate surface area is 150 Å². The van der Waals surface area contributed by atoms with E-state index < -0.39 is 15.5 Å². The Bertz CT molecular complexity index is 845. The highest BCUT2D eigenvalue weighted by atomic mass is 16.6. The Balaban J connectivity index is 2.49. The van der Waals surface area contributed by atoms with Gasteiger partial charge < -0.3 is 10.7 Å². The average molecular weight is 357 g/mol. The molecule has 0 bridgehead atoms. The lowest BCUT2D eigenvalue weighted by Gasteiger charge is -2.21. The molecular formula is C17H19N5O4. The van der Waals surface area contributed by atoms with E-state index in [1.165, 1.54) is 12.1 Å². The molecule has 2 aromatic rings. The summed E-state index contributed by atoms with van der Waals surface area (Å²) in [7, 11) is 0. The molecule has 0 amide bonds. The van der Waals surface area contributed by atoms with Gasteiger partial charge in [-0.05, 0) is 32.0 Å². The van der Waals surface area contributed by atoms with Gasteiger partial charge in [-0.1, -0.05) is 12.1 Å². The molecule has 2 rings (SSSR count). The van der Waals surface area contributed by atoms with Crippen molar-refractivity contribution in [3.8, 4) is 0 Å². The van der Waals surface area contributed by atoms with Crippen molar-refractivity contribution < 1.29 is 9.85 Å². The van der Waals surface area contributed by atoms with Gasteiger partial charge in [0.2, 0.25) is 0 Å². The molecule has 0 fully saturated rings. The maximum atomic E-state index is 11.3. The van der Waals surface area contributed by atoms with Crippen molar-refractivity contribution in [1.29, 1.82) is 0 Å². The summed E-state index contributed by atoms with van der Waals surface area (Å²) in [4.78, 5) is 23.0. The third kappa shape index (κ3) is 3.77. The fourth-order valence-corrected chi connectivity index (χ4v) is 2.70. The Morgan fingerprint density at radius 2 is 1.65 bits per heavy atom. The van der Waals surface area contributed by atoms with Crippen LogP contribution in [-0.4, -0.2) is 28.6 Å². The van der Waals surface area contributed by atoms with E-state index in [4.69, 9.17) is 5.84 Å². The monoisotopic (exact) mass is 357 g/mol. The molecule has 0 saturated heterocycles. The third-order valence-electron chi connectivity index (χ3n) is 4.04. The SMILES string of the molecule is CCN(CC)c1ccc(/C(=N\N)c2ccc([N+](=O)[O-])cc2[N+](=O)[O-])cc1. The fourth-order valence-electron chi connectivity index (χ4n) is 2.70. The number of hydrazone groups is 1. The molecule has 0 saturated carbocycles. The van der Waals surface area contributed by atoms with E-state index in [1.54, 1.807) is 12.1 Å². The minimum atomic E-state index is -0.686. The van der Waals surface area contributed by atoms with Crippen LogP contribution < -0.4 is 10.7 Å². The van der Waals surface area contributed by atoms with Crippen LogP contribution in [0.2, 0.25) is 0 Å². The summed E-state index contributed by atoms with van der Waals surface area (Å²) in [5.74, 6) is 5.47. The van der Waals surface area contributed by atoms with E-state index in [9.17, 15) is 20.2 Å². The Kier molecular flexibility index (Phi) is 5.84. The number of rotatable bonds is 7. The lowest BCUT2D eigenvalue weighted by molar-refractivity contribution is -0.394. The lowest BCUT2D eigenvalue weighted by atomic mass is 10.00. The molecule has 136 valence electrons. The standard InChI is InChI=1S/C17H19N5O4/c1-3-20(4-2)13-7-5-12(6-8-13)17(19-18)15-10-9-14(21(23)24)11-16(15)22(25)26/h5-11H,3-4,18H2,1-2H3/b19-17+. The molecule has 0 unspecified atom stereocenters. The summed E-state index contributed by atoms with van der Waals surface area (Å²) in [6.07, 6.45) is 0. The summed E-state index contributed by atoms with van der Waals surface area (Å²) in [5, 5.41) is 25.9. The normalized spacial score (nSPS) is 11.2. The highest BCUT2D eigenvalue weighted by molar-refractivity contribution is 6.15. The smallest absolute Gasteiger partial charge is 0.285 e. The van der Waals surface area contributed by atoms with Gasteiger partial charge in [0.05, 0.1) is 21.5 Å². The van der Waals surface area contributed by atoms with Crippen LogP contribution >= 0.6 is 0 Å². The largest absolute Gasteiger partial charge is 0.372 e. The van der Waals surface area contributed by atoms with Crippen LogP contribution in [0.15, 0.2) is 47.6 Å². The van der Waals surface area contributed by atoms with Gasteiger partial charge in [0.1, 0.15) is 5.71 Å². The van der Waals surface area contributed by atoms with Crippen LogP contribution in [0, 0.1) is 20.2 Å². The topological polar surface area (TPSA) is 128 Å². The second kappa shape index (κ2) is 8.06. The summed E-state index contributed by atoms with van der Waals surface area (Å²) < 4.78 is 0. The predicted molar refractivity (Wildman–Crippen MR) is 99.6 cm³/mol. The lowest BCUT2D eigenvalue weighted by Crippen LogP contribution is -2.21. The first kappa shape index (κ1) is 18.8. The number of non-ortho nitro benzene ring substituents is 1. The molecule has 26 heavy (non-hydrogen) atoms. The van der Waals surface area contributed by atoms with E-state index in [0.29, 0.717) is 5.56 Å².